The van der Waals surface area contributed by atoms with Crippen molar-refractivity contribution in [2.75, 3.05) is 36.5 Å². The molecular formula is C13H20N4O. The van der Waals surface area contributed by atoms with Crippen molar-refractivity contribution in [1.29, 1.82) is 5.26 Å². The third kappa shape index (κ3) is 3.11. The van der Waals surface area contributed by atoms with Gasteiger partial charge in [0, 0.05) is 19.6 Å². The molecule has 1 aromatic heterocycles. The maximum Gasteiger partial charge on any atom is 0.149 e. The number of hydrogen-bond acceptors (Lipinski definition) is 5. The number of nitriles is 1. The Morgan fingerprint density at radius 3 is 2.61 bits per heavy atom. The van der Waals surface area contributed by atoms with E-state index in [0.717, 1.165) is 18.7 Å². The first-order chi connectivity index (χ1) is 8.67. The SMILES string of the molecule is CCN(CC)c1nc(NCCO)cc(C)c1C#N. The topological polar surface area (TPSA) is 72.2 Å². The standard InChI is InChI=1S/C13H20N4O/c1-4-17(5-2)13-11(9-14)10(3)8-12(16-13)15-6-7-18/h8,18H,4-7H2,1-3H3,(H,15,16). The number of hydrogen-bond donors (Lipinski definition) is 2. The molecular weight excluding hydrogens is 228 g/mol. The van der Waals surface area contributed by atoms with Gasteiger partial charge in [0.1, 0.15) is 17.7 Å². The number of nitrogens with zero attached hydrogens (tertiary/aromatic N) is 3. The molecule has 0 fully saturated rings. The van der Waals surface area contributed by atoms with Gasteiger partial charge in [-0.25, -0.2) is 4.98 Å². The van der Waals surface area contributed by atoms with E-state index in [9.17, 15) is 5.26 Å². The maximum atomic E-state index is 9.23. The Bertz CT molecular complexity index is 435. The lowest BCUT2D eigenvalue weighted by atomic mass is 10.1. The molecule has 0 amide bonds. The molecule has 5 heteroatoms. The van der Waals surface area contributed by atoms with Crippen molar-refractivity contribution in [2.45, 2.75) is 20.8 Å². The van der Waals surface area contributed by atoms with Crippen LogP contribution in [0.2, 0.25) is 0 Å². The molecule has 0 aliphatic heterocycles. The van der Waals surface area contributed by atoms with Gasteiger partial charge in [0.05, 0.1) is 12.2 Å². The average Bonchev–Trinajstić information content (AvgIpc) is 2.37. The fraction of sp³-hybridized carbons (Fsp3) is 0.538. The molecule has 18 heavy (non-hydrogen) atoms. The van der Waals surface area contributed by atoms with Crippen LogP contribution in [0.4, 0.5) is 11.6 Å². The normalized spacial score (nSPS) is 9.94. The molecule has 0 saturated heterocycles. The van der Waals surface area contributed by atoms with E-state index in [2.05, 4.69) is 21.3 Å². The second kappa shape index (κ2) is 6.82. The zero-order valence-corrected chi connectivity index (χ0v) is 11.2. The predicted octanol–water partition coefficient (Wildman–Crippen LogP) is 1.51. The predicted molar refractivity (Wildman–Crippen MR) is 72.8 cm³/mol. The van der Waals surface area contributed by atoms with Crippen molar-refractivity contribution in [1.82, 2.24) is 4.98 Å². The van der Waals surface area contributed by atoms with Gasteiger partial charge in [-0.3, -0.25) is 0 Å². The van der Waals surface area contributed by atoms with Crippen molar-refractivity contribution >= 4 is 11.6 Å². The lowest BCUT2D eigenvalue weighted by Crippen LogP contribution is -2.25. The smallest absolute Gasteiger partial charge is 0.149 e. The lowest BCUT2D eigenvalue weighted by molar-refractivity contribution is 0.311. The van der Waals surface area contributed by atoms with Crippen LogP contribution < -0.4 is 10.2 Å². The molecule has 0 aliphatic rings. The van der Waals surface area contributed by atoms with Crippen LogP contribution in [0.5, 0.6) is 0 Å². The van der Waals surface area contributed by atoms with Crippen molar-refractivity contribution in [2.24, 2.45) is 0 Å². The molecule has 0 radical (unpaired) electrons. The number of anilines is 2. The van der Waals surface area contributed by atoms with Gasteiger partial charge in [0.25, 0.3) is 0 Å². The van der Waals surface area contributed by atoms with E-state index < -0.39 is 0 Å². The Labute approximate surface area is 108 Å². The molecule has 1 rings (SSSR count). The second-order valence-corrected chi connectivity index (χ2v) is 3.96. The molecule has 0 aromatic carbocycles. The fourth-order valence-electron chi connectivity index (χ4n) is 1.82. The van der Waals surface area contributed by atoms with E-state index in [1.807, 2.05) is 26.8 Å². The van der Waals surface area contributed by atoms with Crippen LogP contribution in [0.1, 0.15) is 25.0 Å². The molecule has 0 saturated carbocycles. The van der Waals surface area contributed by atoms with Gasteiger partial charge >= 0.3 is 0 Å². The zero-order chi connectivity index (χ0) is 13.5. The molecule has 0 spiro atoms. The van der Waals surface area contributed by atoms with Crippen LogP contribution in [0.25, 0.3) is 0 Å². The third-order valence-electron chi connectivity index (χ3n) is 2.79. The fourth-order valence-corrected chi connectivity index (χ4v) is 1.82. The quantitative estimate of drug-likeness (QED) is 0.798. The van der Waals surface area contributed by atoms with Gasteiger partial charge in [-0.1, -0.05) is 0 Å². The Morgan fingerprint density at radius 1 is 1.44 bits per heavy atom. The Kier molecular flexibility index (Phi) is 5.40. The maximum absolute atomic E-state index is 9.23. The minimum Gasteiger partial charge on any atom is -0.395 e. The van der Waals surface area contributed by atoms with Gasteiger partial charge in [0.2, 0.25) is 0 Å². The highest BCUT2D eigenvalue weighted by Gasteiger charge is 2.14. The highest BCUT2D eigenvalue weighted by atomic mass is 16.3. The largest absolute Gasteiger partial charge is 0.395 e. The molecule has 2 N–H and O–H groups in total. The summed E-state index contributed by atoms with van der Waals surface area (Å²) in [4.78, 5) is 6.52. The van der Waals surface area contributed by atoms with Crippen molar-refractivity contribution < 1.29 is 5.11 Å². The van der Waals surface area contributed by atoms with Crippen LogP contribution in [0, 0.1) is 18.3 Å². The van der Waals surface area contributed by atoms with E-state index in [4.69, 9.17) is 5.11 Å². The van der Waals surface area contributed by atoms with Crippen molar-refractivity contribution in [3.8, 4) is 6.07 Å². The third-order valence-corrected chi connectivity index (χ3v) is 2.79. The van der Waals surface area contributed by atoms with Gasteiger partial charge in [-0.2, -0.15) is 5.26 Å². The summed E-state index contributed by atoms with van der Waals surface area (Å²) in [5.74, 6) is 1.41. The van der Waals surface area contributed by atoms with Crippen molar-refractivity contribution in [3.63, 3.8) is 0 Å². The molecule has 1 aromatic rings. The van der Waals surface area contributed by atoms with Gasteiger partial charge in [0.15, 0.2) is 0 Å². The summed E-state index contributed by atoms with van der Waals surface area (Å²) in [5, 5.41) is 21.1. The van der Waals surface area contributed by atoms with Crippen molar-refractivity contribution in [3.05, 3.63) is 17.2 Å². The summed E-state index contributed by atoms with van der Waals surface area (Å²) in [6, 6.07) is 4.05. The van der Waals surface area contributed by atoms with E-state index in [0.29, 0.717) is 23.7 Å². The highest BCUT2D eigenvalue weighted by Crippen LogP contribution is 2.23. The second-order valence-electron chi connectivity index (χ2n) is 3.96. The average molecular weight is 248 g/mol. The lowest BCUT2D eigenvalue weighted by Gasteiger charge is -2.22. The molecule has 5 nitrogen and oxygen atoms in total. The number of aliphatic hydroxyl groups is 1. The number of aryl methyl sites for hydroxylation is 1. The number of aliphatic hydroxyl groups excluding tert-OH is 1. The number of rotatable bonds is 6. The summed E-state index contributed by atoms with van der Waals surface area (Å²) >= 11 is 0. The summed E-state index contributed by atoms with van der Waals surface area (Å²) in [5.41, 5.74) is 1.52. The number of nitrogens with one attached hydrogen (secondary N) is 1. The molecule has 98 valence electrons. The summed E-state index contributed by atoms with van der Waals surface area (Å²) in [7, 11) is 0. The monoisotopic (exact) mass is 248 g/mol. The molecule has 0 aliphatic carbocycles. The molecule has 1 heterocycles. The first-order valence-electron chi connectivity index (χ1n) is 6.19. The van der Waals surface area contributed by atoms with Crippen LogP contribution in [-0.4, -0.2) is 36.3 Å². The van der Waals surface area contributed by atoms with E-state index in [-0.39, 0.29) is 6.61 Å². The van der Waals surface area contributed by atoms with Crippen LogP contribution in [0.3, 0.4) is 0 Å². The summed E-state index contributed by atoms with van der Waals surface area (Å²) in [6.45, 7) is 8.10. The minimum atomic E-state index is 0.0569. The first kappa shape index (κ1) is 14.3. The first-order valence-corrected chi connectivity index (χ1v) is 6.19. The Hall–Kier alpha value is -1.80. The summed E-state index contributed by atoms with van der Waals surface area (Å²) < 4.78 is 0. The molecule has 0 bridgehead atoms. The van der Waals surface area contributed by atoms with Gasteiger partial charge in [-0.05, 0) is 32.4 Å². The highest BCUT2D eigenvalue weighted by molar-refractivity contribution is 5.62. The number of aromatic nitrogens is 1. The minimum absolute atomic E-state index is 0.0569. The molecule has 0 atom stereocenters. The van der Waals surface area contributed by atoms with E-state index in [1.54, 1.807) is 0 Å². The van der Waals surface area contributed by atoms with E-state index >= 15 is 0 Å². The van der Waals surface area contributed by atoms with Gasteiger partial charge in [-0.15, -0.1) is 0 Å². The van der Waals surface area contributed by atoms with Crippen LogP contribution in [0.15, 0.2) is 6.07 Å². The van der Waals surface area contributed by atoms with E-state index in [1.165, 1.54) is 0 Å². The zero-order valence-electron chi connectivity index (χ0n) is 11.2. The van der Waals surface area contributed by atoms with Gasteiger partial charge < -0.3 is 15.3 Å². The van der Waals surface area contributed by atoms with Crippen LogP contribution in [-0.2, 0) is 0 Å². The molecule has 0 unspecified atom stereocenters. The van der Waals surface area contributed by atoms with Crippen LogP contribution >= 0.6 is 0 Å². The number of pyridine rings is 1. The Balaban J connectivity index is 3.19. The Morgan fingerprint density at radius 2 is 2.11 bits per heavy atom. The summed E-state index contributed by atoms with van der Waals surface area (Å²) in [6.07, 6.45) is 0.